The zero-order valence-electron chi connectivity index (χ0n) is 11.1. The molecule has 2 aromatic carbocycles. The predicted octanol–water partition coefficient (Wildman–Crippen LogP) is 5.27. The van der Waals surface area contributed by atoms with Crippen molar-refractivity contribution in [3.05, 3.63) is 63.3 Å². The van der Waals surface area contributed by atoms with Crippen LogP contribution in [-0.2, 0) is 6.42 Å². The molecule has 0 spiro atoms. The van der Waals surface area contributed by atoms with Gasteiger partial charge in [-0.05, 0) is 49.3 Å². The van der Waals surface area contributed by atoms with Gasteiger partial charge < -0.3 is 9.55 Å². The summed E-state index contributed by atoms with van der Waals surface area (Å²) in [5.41, 5.74) is 3.55. The highest BCUT2D eigenvalue weighted by atomic mass is 79.9. The smallest absolute Gasteiger partial charge is 0.178 e. The quantitative estimate of drug-likeness (QED) is 0.641. The van der Waals surface area contributed by atoms with Crippen molar-refractivity contribution in [2.24, 2.45) is 0 Å². The van der Waals surface area contributed by atoms with E-state index in [0.29, 0.717) is 6.04 Å². The van der Waals surface area contributed by atoms with Gasteiger partial charge in [0.2, 0.25) is 0 Å². The second-order valence-corrected chi connectivity index (χ2v) is 6.30. The molecule has 0 radical (unpaired) electrons. The van der Waals surface area contributed by atoms with Crippen molar-refractivity contribution in [1.29, 1.82) is 0 Å². The zero-order chi connectivity index (χ0) is 14.1. The Labute approximate surface area is 131 Å². The Kier molecular flexibility index (Phi) is 3.76. The van der Waals surface area contributed by atoms with Gasteiger partial charge in [-0.2, -0.15) is 0 Å². The van der Waals surface area contributed by atoms with Crippen LogP contribution in [0.1, 0.15) is 18.5 Å². The fraction of sp³-hybridized carbons (Fsp3) is 0.188. The van der Waals surface area contributed by atoms with Crippen molar-refractivity contribution in [3.63, 3.8) is 0 Å². The van der Waals surface area contributed by atoms with E-state index in [-0.39, 0.29) is 0 Å². The van der Waals surface area contributed by atoms with Gasteiger partial charge in [-0.3, -0.25) is 0 Å². The molecule has 3 rings (SSSR count). The van der Waals surface area contributed by atoms with Gasteiger partial charge >= 0.3 is 0 Å². The third kappa shape index (κ3) is 2.58. The van der Waals surface area contributed by atoms with Crippen molar-refractivity contribution in [1.82, 2.24) is 9.55 Å². The second kappa shape index (κ2) is 5.54. The molecule has 1 N–H and O–H groups in total. The number of nitrogens with zero attached hydrogens (tertiary/aromatic N) is 1. The van der Waals surface area contributed by atoms with E-state index in [1.54, 1.807) is 0 Å². The molecule has 4 heteroatoms. The largest absolute Gasteiger partial charge is 0.331 e. The normalized spacial score (nSPS) is 12.7. The maximum absolute atomic E-state index is 5.48. The van der Waals surface area contributed by atoms with Crippen LogP contribution in [0.15, 0.2) is 53.0 Å². The summed E-state index contributed by atoms with van der Waals surface area (Å²) in [6.45, 7) is 2.21. The third-order valence-corrected chi connectivity index (χ3v) is 4.29. The average molecular weight is 347 g/mol. The fourth-order valence-corrected chi connectivity index (χ4v) is 3.34. The van der Waals surface area contributed by atoms with Crippen molar-refractivity contribution in [2.75, 3.05) is 0 Å². The number of imidazole rings is 1. The minimum absolute atomic E-state index is 0.319. The van der Waals surface area contributed by atoms with Crippen LogP contribution in [0, 0.1) is 4.77 Å². The van der Waals surface area contributed by atoms with E-state index < -0.39 is 0 Å². The Morgan fingerprint density at radius 1 is 1.20 bits per heavy atom. The lowest BCUT2D eigenvalue weighted by Gasteiger charge is -2.14. The van der Waals surface area contributed by atoms with Crippen LogP contribution in [-0.4, -0.2) is 9.55 Å². The van der Waals surface area contributed by atoms with Crippen molar-refractivity contribution >= 4 is 39.2 Å². The Balaban J connectivity index is 2.01. The maximum Gasteiger partial charge on any atom is 0.178 e. The molecule has 3 aromatic rings. The lowest BCUT2D eigenvalue weighted by molar-refractivity contribution is 0.553. The molecular formula is C16H15BrN2S. The summed E-state index contributed by atoms with van der Waals surface area (Å²) in [7, 11) is 0. The number of aromatic nitrogens is 2. The SMILES string of the molecule is CC(Cc1ccccc1)n1c(=S)[nH]c2cc(Br)ccc21. The molecule has 102 valence electrons. The molecule has 0 bridgehead atoms. The summed E-state index contributed by atoms with van der Waals surface area (Å²) in [4.78, 5) is 3.28. The Hall–Kier alpha value is -1.39. The Bertz CT molecular complexity index is 789. The molecule has 1 atom stereocenters. The first-order valence-corrected chi connectivity index (χ1v) is 7.79. The number of fused-ring (bicyclic) bond motifs is 1. The van der Waals surface area contributed by atoms with Crippen LogP contribution in [0.5, 0.6) is 0 Å². The summed E-state index contributed by atoms with van der Waals surface area (Å²) < 4.78 is 4.04. The van der Waals surface area contributed by atoms with Crippen molar-refractivity contribution in [2.45, 2.75) is 19.4 Å². The molecule has 0 fully saturated rings. The predicted molar refractivity (Wildman–Crippen MR) is 89.7 cm³/mol. The minimum atomic E-state index is 0.319. The Morgan fingerprint density at radius 2 is 1.95 bits per heavy atom. The van der Waals surface area contributed by atoms with Crippen molar-refractivity contribution < 1.29 is 0 Å². The van der Waals surface area contributed by atoms with Gasteiger partial charge in [0.15, 0.2) is 4.77 Å². The van der Waals surface area contributed by atoms with E-state index in [0.717, 1.165) is 26.7 Å². The highest BCUT2D eigenvalue weighted by Crippen LogP contribution is 2.24. The zero-order valence-corrected chi connectivity index (χ0v) is 13.5. The number of hydrogen-bond donors (Lipinski definition) is 1. The first kappa shape index (κ1) is 13.6. The second-order valence-electron chi connectivity index (χ2n) is 5.00. The van der Waals surface area contributed by atoms with Crippen LogP contribution < -0.4 is 0 Å². The van der Waals surface area contributed by atoms with Gasteiger partial charge in [-0.1, -0.05) is 46.3 Å². The van der Waals surface area contributed by atoms with E-state index in [2.05, 4.69) is 74.9 Å². The van der Waals surface area contributed by atoms with Crippen molar-refractivity contribution in [3.8, 4) is 0 Å². The summed E-state index contributed by atoms with van der Waals surface area (Å²) in [6.07, 6.45) is 0.970. The van der Waals surface area contributed by atoms with E-state index in [4.69, 9.17) is 12.2 Å². The number of benzene rings is 2. The standard InChI is InChI=1S/C16H15BrN2S/c1-11(9-12-5-3-2-4-6-12)19-15-8-7-13(17)10-14(15)18-16(19)20/h2-8,10-11H,9H2,1H3,(H,18,20). The van der Waals surface area contributed by atoms with Crippen LogP contribution in [0.2, 0.25) is 0 Å². The third-order valence-electron chi connectivity index (χ3n) is 3.49. The highest BCUT2D eigenvalue weighted by Gasteiger charge is 2.11. The van der Waals surface area contributed by atoms with Gasteiger partial charge in [0.25, 0.3) is 0 Å². The minimum Gasteiger partial charge on any atom is -0.331 e. The summed E-state index contributed by atoms with van der Waals surface area (Å²) in [6, 6.07) is 17.1. The molecule has 0 aliphatic rings. The molecule has 1 heterocycles. The summed E-state index contributed by atoms with van der Waals surface area (Å²) >= 11 is 8.97. The average Bonchev–Trinajstić information content (AvgIpc) is 2.74. The van der Waals surface area contributed by atoms with Crippen LogP contribution >= 0.6 is 28.1 Å². The number of rotatable bonds is 3. The summed E-state index contributed by atoms with van der Waals surface area (Å²) in [5.74, 6) is 0. The van der Waals surface area contributed by atoms with Gasteiger partial charge in [0.05, 0.1) is 11.0 Å². The number of nitrogens with one attached hydrogen (secondary N) is 1. The number of hydrogen-bond acceptors (Lipinski definition) is 1. The van der Waals surface area contributed by atoms with Gasteiger partial charge in [-0.15, -0.1) is 0 Å². The van der Waals surface area contributed by atoms with E-state index in [1.807, 2.05) is 6.07 Å². The van der Waals surface area contributed by atoms with Crippen LogP contribution in [0.4, 0.5) is 0 Å². The molecule has 1 aromatic heterocycles. The highest BCUT2D eigenvalue weighted by molar-refractivity contribution is 9.10. The molecule has 2 nitrogen and oxygen atoms in total. The topological polar surface area (TPSA) is 20.7 Å². The fourth-order valence-electron chi connectivity index (χ4n) is 2.59. The van der Waals surface area contributed by atoms with E-state index in [9.17, 15) is 0 Å². The lowest BCUT2D eigenvalue weighted by Crippen LogP contribution is -2.08. The van der Waals surface area contributed by atoms with Crippen LogP contribution in [0.3, 0.4) is 0 Å². The van der Waals surface area contributed by atoms with Gasteiger partial charge in [0, 0.05) is 10.5 Å². The Morgan fingerprint density at radius 3 is 2.70 bits per heavy atom. The first-order valence-electron chi connectivity index (χ1n) is 6.59. The summed E-state index contributed by atoms with van der Waals surface area (Å²) in [5, 5.41) is 0. The first-order chi connectivity index (χ1) is 9.65. The molecule has 20 heavy (non-hydrogen) atoms. The monoisotopic (exact) mass is 346 g/mol. The van der Waals surface area contributed by atoms with Gasteiger partial charge in [-0.25, -0.2) is 0 Å². The number of halogens is 1. The molecule has 0 aliphatic carbocycles. The van der Waals surface area contributed by atoms with Gasteiger partial charge in [0.1, 0.15) is 0 Å². The lowest BCUT2D eigenvalue weighted by atomic mass is 10.1. The number of aromatic amines is 1. The molecule has 0 saturated heterocycles. The van der Waals surface area contributed by atoms with E-state index >= 15 is 0 Å². The molecular weight excluding hydrogens is 332 g/mol. The molecule has 1 unspecified atom stereocenters. The molecule has 0 aliphatic heterocycles. The maximum atomic E-state index is 5.48. The number of H-pyrrole nitrogens is 1. The molecule has 0 amide bonds. The van der Waals surface area contributed by atoms with E-state index in [1.165, 1.54) is 5.56 Å². The van der Waals surface area contributed by atoms with Crippen LogP contribution in [0.25, 0.3) is 11.0 Å². The molecule has 0 saturated carbocycles.